The molecule has 2 aromatic carbocycles. The predicted octanol–water partition coefficient (Wildman–Crippen LogP) is 3.19. The molecule has 6 nitrogen and oxygen atoms in total. The predicted molar refractivity (Wildman–Crippen MR) is 130 cm³/mol. The molecule has 2 aromatic rings. The summed E-state index contributed by atoms with van der Waals surface area (Å²) in [5.41, 5.74) is -0.00383. The van der Waals surface area contributed by atoms with Crippen LogP contribution in [-0.4, -0.2) is 52.9 Å². The molecule has 1 unspecified atom stereocenters. The van der Waals surface area contributed by atoms with Crippen LogP contribution in [0.1, 0.15) is 12.8 Å². The molecule has 3 rings (SSSR count). The summed E-state index contributed by atoms with van der Waals surface area (Å²) in [7, 11) is -1.69. The van der Waals surface area contributed by atoms with Gasteiger partial charge in [0.15, 0.2) is 15.8 Å². The minimum atomic E-state index is -3.31. The Labute approximate surface area is 199 Å². The molecule has 10 heteroatoms. The standard InChI is InChI=1S/C21H26F2N4O2S.HI/c1-24-21(25-12-6-14-30(28,29)17-7-3-2-4-8-17)26-16-11-13-27(15-16)20-18(22)9-5-10-19(20)23;/h2-5,7-10,16H,6,11-15H2,1H3,(H2,24,25,26);1H. The summed E-state index contributed by atoms with van der Waals surface area (Å²) < 4.78 is 52.6. The lowest BCUT2D eigenvalue weighted by Gasteiger charge is -2.21. The highest BCUT2D eigenvalue weighted by Crippen LogP contribution is 2.26. The van der Waals surface area contributed by atoms with Crippen molar-refractivity contribution in [2.45, 2.75) is 23.8 Å². The van der Waals surface area contributed by atoms with Gasteiger partial charge >= 0.3 is 0 Å². The van der Waals surface area contributed by atoms with Gasteiger partial charge in [-0.2, -0.15) is 0 Å². The summed E-state index contributed by atoms with van der Waals surface area (Å²) in [5, 5.41) is 6.34. The highest BCUT2D eigenvalue weighted by Gasteiger charge is 2.27. The summed E-state index contributed by atoms with van der Waals surface area (Å²) in [5.74, 6) is -0.575. The van der Waals surface area contributed by atoms with Crippen LogP contribution in [0.4, 0.5) is 14.5 Å². The molecule has 0 aromatic heterocycles. The van der Waals surface area contributed by atoms with Crippen LogP contribution in [0, 0.1) is 11.6 Å². The number of aliphatic imine (C=N–C) groups is 1. The van der Waals surface area contributed by atoms with E-state index in [4.69, 9.17) is 0 Å². The number of hydrogen-bond donors (Lipinski definition) is 2. The molecule has 0 radical (unpaired) electrons. The highest BCUT2D eigenvalue weighted by molar-refractivity contribution is 14.0. The van der Waals surface area contributed by atoms with Gasteiger partial charge in [-0.1, -0.05) is 24.3 Å². The van der Waals surface area contributed by atoms with E-state index in [9.17, 15) is 17.2 Å². The summed E-state index contributed by atoms with van der Waals surface area (Å²) in [6.07, 6.45) is 1.13. The molecule has 1 heterocycles. The zero-order chi connectivity index (χ0) is 21.6. The van der Waals surface area contributed by atoms with Crippen molar-refractivity contribution in [2.24, 2.45) is 4.99 Å². The third-order valence-corrected chi connectivity index (χ3v) is 6.81. The maximum atomic E-state index is 14.0. The average molecular weight is 564 g/mol. The van der Waals surface area contributed by atoms with Gasteiger partial charge in [-0.3, -0.25) is 4.99 Å². The first-order valence-electron chi connectivity index (χ1n) is 9.84. The zero-order valence-electron chi connectivity index (χ0n) is 17.2. The van der Waals surface area contributed by atoms with Gasteiger partial charge in [0.05, 0.1) is 10.6 Å². The highest BCUT2D eigenvalue weighted by atomic mass is 127. The van der Waals surface area contributed by atoms with E-state index in [0.29, 0.717) is 43.3 Å². The Morgan fingerprint density at radius 1 is 1.13 bits per heavy atom. The Hall–Kier alpha value is -1.95. The van der Waals surface area contributed by atoms with E-state index in [0.717, 1.165) is 0 Å². The van der Waals surface area contributed by atoms with E-state index in [2.05, 4.69) is 15.6 Å². The van der Waals surface area contributed by atoms with Crippen molar-refractivity contribution >= 4 is 45.5 Å². The molecular formula is C21H27F2IN4O2S. The molecule has 0 aliphatic carbocycles. The Kier molecular flexibility index (Phi) is 9.48. The summed E-state index contributed by atoms with van der Waals surface area (Å²) >= 11 is 0. The number of sulfone groups is 1. The van der Waals surface area contributed by atoms with Gasteiger partial charge in [0, 0.05) is 32.7 Å². The zero-order valence-corrected chi connectivity index (χ0v) is 20.4. The maximum Gasteiger partial charge on any atom is 0.191 e. The quantitative estimate of drug-likeness (QED) is 0.234. The second kappa shape index (κ2) is 11.6. The van der Waals surface area contributed by atoms with Crippen LogP contribution in [-0.2, 0) is 9.84 Å². The number of benzene rings is 2. The van der Waals surface area contributed by atoms with E-state index < -0.39 is 21.5 Å². The fourth-order valence-corrected chi connectivity index (χ4v) is 4.81. The van der Waals surface area contributed by atoms with E-state index in [-0.39, 0.29) is 41.5 Å². The normalized spacial score (nSPS) is 16.7. The minimum Gasteiger partial charge on any atom is -0.365 e. The molecule has 1 fully saturated rings. The molecule has 1 aliphatic rings. The van der Waals surface area contributed by atoms with Crippen LogP contribution in [0.3, 0.4) is 0 Å². The Morgan fingerprint density at radius 3 is 2.45 bits per heavy atom. The third kappa shape index (κ3) is 6.76. The van der Waals surface area contributed by atoms with Gasteiger partial charge in [0.2, 0.25) is 0 Å². The smallest absolute Gasteiger partial charge is 0.191 e. The van der Waals surface area contributed by atoms with Crippen molar-refractivity contribution in [3.05, 3.63) is 60.2 Å². The fraction of sp³-hybridized carbons (Fsp3) is 0.381. The monoisotopic (exact) mass is 564 g/mol. The summed E-state index contributed by atoms with van der Waals surface area (Å²) in [4.78, 5) is 6.16. The number of guanidine groups is 1. The number of para-hydroxylation sites is 1. The van der Waals surface area contributed by atoms with Gasteiger partial charge in [0.1, 0.15) is 17.3 Å². The van der Waals surface area contributed by atoms with Crippen molar-refractivity contribution < 1.29 is 17.2 Å². The van der Waals surface area contributed by atoms with Gasteiger partial charge in [-0.25, -0.2) is 17.2 Å². The van der Waals surface area contributed by atoms with Crippen molar-refractivity contribution in [1.29, 1.82) is 0 Å². The Morgan fingerprint density at radius 2 is 1.81 bits per heavy atom. The fourth-order valence-electron chi connectivity index (χ4n) is 3.47. The van der Waals surface area contributed by atoms with Gasteiger partial charge in [-0.15, -0.1) is 24.0 Å². The van der Waals surface area contributed by atoms with E-state index in [1.54, 1.807) is 42.3 Å². The third-order valence-electron chi connectivity index (χ3n) is 4.99. The van der Waals surface area contributed by atoms with Gasteiger partial charge < -0.3 is 15.5 Å². The molecule has 31 heavy (non-hydrogen) atoms. The molecule has 0 amide bonds. The number of nitrogens with one attached hydrogen (secondary N) is 2. The lowest BCUT2D eigenvalue weighted by molar-refractivity contribution is 0.575. The topological polar surface area (TPSA) is 73.8 Å². The molecule has 0 bridgehead atoms. The number of anilines is 1. The SMILES string of the molecule is CN=C(NCCCS(=O)(=O)c1ccccc1)NC1CCN(c2c(F)cccc2F)C1.I. The molecule has 1 aliphatic heterocycles. The van der Waals surface area contributed by atoms with Crippen LogP contribution < -0.4 is 15.5 Å². The molecule has 170 valence electrons. The lowest BCUT2D eigenvalue weighted by atomic mass is 10.2. The number of rotatable bonds is 7. The second-order valence-corrected chi connectivity index (χ2v) is 9.24. The maximum absolute atomic E-state index is 14.0. The van der Waals surface area contributed by atoms with Crippen molar-refractivity contribution in [1.82, 2.24) is 10.6 Å². The number of halogens is 3. The van der Waals surface area contributed by atoms with Crippen molar-refractivity contribution in [2.75, 3.05) is 37.3 Å². The van der Waals surface area contributed by atoms with Crippen molar-refractivity contribution in [3.8, 4) is 0 Å². The number of nitrogens with zero attached hydrogens (tertiary/aromatic N) is 2. The van der Waals surface area contributed by atoms with E-state index in [1.807, 2.05) is 0 Å². The second-order valence-electron chi connectivity index (χ2n) is 7.13. The van der Waals surface area contributed by atoms with Crippen LogP contribution in [0.25, 0.3) is 0 Å². The van der Waals surface area contributed by atoms with Crippen LogP contribution in [0.5, 0.6) is 0 Å². The van der Waals surface area contributed by atoms with Crippen LogP contribution in [0.2, 0.25) is 0 Å². The Bertz CT molecular complexity index is 970. The van der Waals surface area contributed by atoms with Crippen LogP contribution in [0.15, 0.2) is 58.4 Å². The van der Waals surface area contributed by atoms with Gasteiger partial charge in [-0.05, 0) is 37.1 Å². The minimum absolute atomic E-state index is 0. The first-order valence-corrected chi connectivity index (χ1v) is 11.5. The first kappa shape index (κ1) is 25.3. The van der Waals surface area contributed by atoms with Crippen molar-refractivity contribution in [3.63, 3.8) is 0 Å². The molecule has 0 saturated carbocycles. The van der Waals surface area contributed by atoms with Crippen LogP contribution >= 0.6 is 24.0 Å². The van der Waals surface area contributed by atoms with E-state index in [1.165, 1.54) is 18.2 Å². The number of hydrogen-bond acceptors (Lipinski definition) is 4. The first-order chi connectivity index (χ1) is 14.4. The molecule has 0 spiro atoms. The van der Waals surface area contributed by atoms with Gasteiger partial charge in [0.25, 0.3) is 0 Å². The molecule has 1 atom stereocenters. The summed E-state index contributed by atoms with van der Waals surface area (Å²) in [6.45, 7) is 1.41. The molecule has 2 N–H and O–H groups in total. The Balaban J connectivity index is 0.00000341. The summed E-state index contributed by atoms with van der Waals surface area (Å²) in [6, 6.07) is 12.2. The molecule has 1 saturated heterocycles. The average Bonchev–Trinajstić information content (AvgIpc) is 3.19. The largest absolute Gasteiger partial charge is 0.365 e. The molecular weight excluding hydrogens is 537 g/mol. The van der Waals surface area contributed by atoms with E-state index >= 15 is 0 Å². The lowest BCUT2D eigenvalue weighted by Crippen LogP contribution is -2.45.